The molecule has 1 aliphatic heterocycles. The van der Waals surface area contributed by atoms with Crippen LogP contribution in [0.3, 0.4) is 0 Å². The van der Waals surface area contributed by atoms with Crippen molar-refractivity contribution in [3.63, 3.8) is 0 Å². The highest BCUT2D eigenvalue weighted by atomic mass is 19.1. The summed E-state index contributed by atoms with van der Waals surface area (Å²) in [6, 6.07) is 7.26. The molecule has 0 radical (unpaired) electrons. The Kier molecular flexibility index (Phi) is 5.63. The molecule has 0 bridgehead atoms. The summed E-state index contributed by atoms with van der Waals surface area (Å²) in [5, 5.41) is 12.4. The second-order valence-electron chi connectivity index (χ2n) is 6.88. The van der Waals surface area contributed by atoms with E-state index in [1.54, 1.807) is 0 Å². The van der Waals surface area contributed by atoms with Crippen LogP contribution in [0, 0.1) is 5.82 Å². The minimum Gasteiger partial charge on any atom is -0.369 e. The summed E-state index contributed by atoms with van der Waals surface area (Å²) in [5.41, 5.74) is 1.08. The third-order valence-electron chi connectivity index (χ3n) is 4.81. The van der Waals surface area contributed by atoms with Gasteiger partial charge in [-0.15, -0.1) is 5.10 Å². The quantitative estimate of drug-likeness (QED) is 0.805. The molecular formula is C18H27FN6. The van der Waals surface area contributed by atoms with Gasteiger partial charge >= 0.3 is 0 Å². The van der Waals surface area contributed by atoms with Gasteiger partial charge in [-0.3, -0.25) is 4.90 Å². The topological polar surface area (TPSA) is 50.1 Å². The minimum atomic E-state index is -0.189. The summed E-state index contributed by atoms with van der Waals surface area (Å²) in [4.78, 5) is 4.79. The van der Waals surface area contributed by atoms with Crippen LogP contribution in [-0.4, -0.2) is 51.3 Å². The van der Waals surface area contributed by atoms with Crippen molar-refractivity contribution in [2.24, 2.45) is 0 Å². The lowest BCUT2D eigenvalue weighted by Gasteiger charge is -2.39. The molecular weight excluding hydrogens is 319 g/mol. The van der Waals surface area contributed by atoms with E-state index in [-0.39, 0.29) is 17.9 Å². The summed E-state index contributed by atoms with van der Waals surface area (Å²) in [5.74, 6) is 0.776. The van der Waals surface area contributed by atoms with Crippen LogP contribution >= 0.6 is 0 Å². The Hall–Kier alpha value is -2.02. The molecule has 0 amide bonds. The monoisotopic (exact) mass is 346 g/mol. The first-order valence-electron chi connectivity index (χ1n) is 9.12. The molecule has 6 nitrogen and oxygen atoms in total. The normalized spacial score (nSPS) is 17.2. The van der Waals surface area contributed by atoms with Crippen LogP contribution in [0.1, 0.15) is 51.5 Å². The third kappa shape index (κ3) is 3.98. The summed E-state index contributed by atoms with van der Waals surface area (Å²) >= 11 is 0. The summed E-state index contributed by atoms with van der Waals surface area (Å²) in [6.45, 7) is 10.2. The number of hydrogen-bond donors (Lipinski definition) is 0. The Labute approximate surface area is 148 Å². The smallest absolute Gasteiger partial charge is 0.168 e. The van der Waals surface area contributed by atoms with Crippen LogP contribution in [0.4, 0.5) is 10.1 Å². The van der Waals surface area contributed by atoms with Crippen LogP contribution in [0.25, 0.3) is 0 Å². The standard InChI is InChI=1S/C18H27FN6/c1-4-5-17(18-20-21-22-25(18)14(2)3)24-12-10-23(11-13-24)16-8-6-15(19)7-9-16/h6-9,14,17H,4-5,10-13H2,1-3H3. The van der Waals surface area contributed by atoms with Crippen molar-refractivity contribution >= 4 is 5.69 Å². The number of hydrogen-bond acceptors (Lipinski definition) is 5. The van der Waals surface area contributed by atoms with Gasteiger partial charge in [0, 0.05) is 31.9 Å². The molecule has 1 aliphatic rings. The first-order chi connectivity index (χ1) is 12.1. The molecule has 1 fully saturated rings. The van der Waals surface area contributed by atoms with Crippen LogP contribution in [-0.2, 0) is 0 Å². The predicted molar refractivity (Wildman–Crippen MR) is 96.0 cm³/mol. The summed E-state index contributed by atoms with van der Waals surface area (Å²) < 4.78 is 15.1. The van der Waals surface area contributed by atoms with Crippen molar-refractivity contribution in [1.82, 2.24) is 25.1 Å². The van der Waals surface area contributed by atoms with Gasteiger partial charge in [0.15, 0.2) is 5.82 Å². The molecule has 0 spiro atoms. The molecule has 1 atom stereocenters. The lowest BCUT2D eigenvalue weighted by molar-refractivity contribution is 0.162. The van der Waals surface area contributed by atoms with Crippen molar-refractivity contribution in [2.45, 2.75) is 45.7 Å². The molecule has 0 N–H and O–H groups in total. The van der Waals surface area contributed by atoms with Crippen LogP contribution < -0.4 is 4.90 Å². The number of anilines is 1. The number of piperazine rings is 1. The molecule has 25 heavy (non-hydrogen) atoms. The van der Waals surface area contributed by atoms with E-state index < -0.39 is 0 Å². The second kappa shape index (κ2) is 7.91. The highest BCUT2D eigenvalue weighted by molar-refractivity contribution is 5.46. The zero-order chi connectivity index (χ0) is 17.8. The third-order valence-corrected chi connectivity index (χ3v) is 4.81. The van der Waals surface area contributed by atoms with E-state index in [1.807, 2.05) is 16.8 Å². The van der Waals surface area contributed by atoms with Crippen molar-refractivity contribution in [3.8, 4) is 0 Å². The average molecular weight is 346 g/mol. The van der Waals surface area contributed by atoms with E-state index in [0.29, 0.717) is 0 Å². The second-order valence-corrected chi connectivity index (χ2v) is 6.88. The van der Waals surface area contributed by atoms with Crippen molar-refractivity contribution in [1.29, 1.82) is 0 Å². The van der Waals surface area contributed by atoms with Gasteiger partial charge in [-0.1, -0.05) is 13.3 Å². The first-order valence-corrected chi connectivity index (χ1v) is 9.12. The maximum atomic E-state index is 13.1. The Balaban J connectivity index is 1.70. The van der Waals surface area contributed by atoms with E-state index in [1.165, 1.54) is 12.1 Å². The van der Waals surface area contributed by atoms with E-state index in [0.717, 1.165) is 50.5 Å². The maximum absolute atomic E-state index is 13.1. The summed E-state index contributed by atoms with van der Waals surface area (Å²) in [6.07, 6.45) is 2.14. The molecule has 3 rings (SSSR count). The Morgan fingerprint density at radius 1 is 1.08 bits per heavy atom. The summed E-state index contributed by atoms with van der Waals surface area (Å²) in [7, 11) is 0. The van der Waals surface area contributed by atoms with Gasteiger partial charge in [0.05, 0.1) is 12.1 Å². The van der Waals surface area contributed by atoms with E-state index in [4.69, 9.17) is 0 Å². The largest absolute Gasteiger partial charge is 0.369 e. The minimum absolute atomic E-state index is 0.189. The van der Waals surface area contributed by atoms with Gasteiger partial charge in [0.1, 0.15) is 5.82 Å². The average Bonchev–Trinajstić information content (AvgIpc) is 3.10. The first kappa shape index (κ1) is 17.8. The van der Waals surface area contributed by atoms with Crippen LogP contribution in [0.15, 0.2) is 24.3 Å². The van der Waals surface area contributed by atoms with Crippen LogP contribution in [0.5, 0.6) is 0 Å². The lowest BCUT2D eigenvalue weighted by Crippen LogP contribution is -2.48. The zero-order valence-corrected chi connectivity index (χ0v) is 15.3. The van der Waals surface area contributed by atoms with Gasteiger partial charge in [0.2, 0.25) is 0 Å². The molecule has 0 saturated carbocycles. The fourth-order valence-corrected chi connectivity index (χ4v) is 3.48. The number of aromatic nitrogens is 4. The predicted octanol–water partition coefficient (Wildman–Crippen LogP) is 3.06. The van der Waals surface area contributed by atoms with Gasteiger partial charge in [-0.05, 0) is 55.0 Å². The van der Waals surface area contributed by atoms with Crippen molar-refractivity contribution in [3.05, 3.63) is 35.9 Å². The maximum Gasteiger partial charge on any atom is 0.168 e. The molecule has 2 aromatic rings. The Bertz CT molecular complexity index is 660. The molecule has 1 saturated heterocycles. The highest BCUT2D eigenvalue weighted by Gasteiger charge is 2.29. The van der Waals surface area contributed by atoms with E-state index >= 15 is 0 Å². The van der Waals surface area contributed by atoms with Crippen LogP contribution in [0.2, 0.25) is 0 Å². The van der Waals surface area contributed by atoms with Crippen molar-refractivity contribution < 1.29 is 4.39 Å². The van der Waals surface area contributed by atoms with Gasteiger partial charge in [-0.2, -0.15) is 0 Å². The van der Waals surface area contributed by atoms with E-state index in [2.05, 4.69) is 46.1 Å². The Morgan fingerprint density at radius 2 is 1.76 bits per heavy atom. The zero-order valence-electron chi connectivity index (χ0n) is 15.3. The fraction of sp³-hybridized carbons (Fsp3) is 0.611. The number of tetrazole rings is 1. The number of halogens is 1. The molecule has 1 unspecified atom stereocenters. The Morgan fingerprint density at radius 3 is 2.36 bits per heavy atom. The van der Waals surface area contributed by atoms with Gasteiger partial charge < -0.3 is 4.90 Å². The molecule has 7 heteroatoms. The fourth-order valence-electron chi connectivity index (χ4n) is 3.48. The van der Waals surface area contributed by atoms with Crippen molar-refractivity contribution in [2.75, 3.05) is 31.1 Å². The molecule has 1 aromatic heterocycles. The SMILES string of the molecule is CCCC(c1nnnn1C(C)C)N1CCN(c2ccc(F)cc2)CC1. The highest BCUT2D eigenvalue weighted by Crippen LogP contribution is 2.27. The van der Waals surface area contributed by atoms with Gasteiger partial charge in [0.25, 0.3) is 0 Å². The lowest BCUT2D eigenvalue weighted by atomic mass is 10.1. The molecule has 2 heterocycles. The number of benzene rings is 1. The molecule has 136 valence electrons. The van der Waals surface area contributed by atoms with E-state index in [9.17, 15) is 4.39 Å². The number of nitrogens with zero attached hydrogens (tertiary/aromatic N) is 6. The molecule has 0 aliphatic carbocycles. The van der Waals surface area contributed by atoms with Gasteiger partial charge in [-0.25, -0.2) is 9.07 Å². The molecule has 1 aromatic carbocycles. The number of rotatable bonds is 6.